The highest BCUT2D eigenvalue weighted by atomic mass is 35.5. The Labute approximate surface area is 234 Å². The van der Waals surface area contributed by atoms with Gasteiger partial charge in [0.2, 0.25) is 5.43 Å². The number of para-hydroxylation sites is 1. The number of aliphatic hydroxyl groups is 1. The SMILES string of the molecule is Cl.O=c1c(-c2ccccc2)coc2c(OCC(O)CN(CCc3ccccc3)Cc3ccccc3)cccc12. The molecule has 0 saturated carbocycles. The molecule has 200 valence electrons. The summed E-state index contributed by atoms with van der Waals surface area (Å²) in [4.78, 5) is 15.4. The van der Waals surface area contributed by atoms with Crippen molar-refractivity contribution in [3.63, 3.8) is 0 Å². The number of nitrogens with zero attached hydrogens (tertiary/aromatic N) is 1. The van der Waals surface area contributed by atoms with E-state index in [0.717, 1.165) is 25.1 Å². The van der Waals surface area contributed by atoms with Crippen molar-refractivity contribution in [2.24, 2.45) is 0 Å². The van der Waals surface area contributed by atoms with E-state index in [4.69, 9.17) is 9.15 Å². The van der Waals surface area contributed by atoms with Crippen LogP contribution < -0.4 is 10.2 Å². The van der Waals surface area contributed by atoms with Crippen molar-refractivity contribution in [2.75, 3.05) is 19.7 Å². The van der Waals surface area contributed by atoms with Crippen molar-refractivity contribution < 1.29 is 14.3 Å². The Kier molecular flexibility index (Phi) is 9.92. The number of hydrogen-bond acceptors (Lipinski definition) is 5. The molecule has 1 N–H and O–H groups in total. The summed E-state index contributed by atoms with van der Waals surface area (Å²) < 4.78 is 11.9. The molecule has 0 saturated heterocycles. The standard InChI is InChI=1S/C33H31NO4.ClH/c35-28(22-34(21-26-13-6-2-7-14-26)20-19-25-11-4-1-5-12-25)23-37-31-18-10-17-29-32(36)30(24-38-33(29)31)27-15-8-3-9-16-27;/h1-18,24,28,35H,19-23H2;1H. The Morgan fingerprint density at radius 2 is 1.44 bits per heavy atom. The highest BCUT2D eigenvalue weighted by Crippen LogP contribution is 2.26. The molecule has 5 aromatic rings. The molecule has 1 atom stereocenters. The maximum Gasteiger partial charge on any atom is 0.200 e. The number of halogens is 1. The van der Waals surface area contributed by atoms with Gasteiger partial charge in [0.15, 0.2) is 11.3 Å². The van der Waals surface area contributed by atoms with Gasteiger partial charge >= 0.3 is 0 Å². The average molecular weight is 542 g/mol. The Morgan fingerprint density at radius 3 is 2.13 bits per heavy atom. The van der Waals surface area contributed by atoms with E-state index in [0.29, 0.717) is 28.8 Å². The van der Waals surface area contributed by atoms with E-state index < -0.39 is 6.10 Å². The minimum atomic E-state index is -0.722. The molecular weight excluding hydrogens is 510 g/mol. The van der Waals surface area contributed by atoms with Crippen LogP contribution in [0.2, 0.25) is 0 Å². The molecule has 6 heteroatoms. The molecule has 0 fully saturated rings. The van der Waals surface area contributed by atoms with Gasteiger partial charge in [0.25, 0.3) is 0 Å². The zero-order valence-electron chi connectivity index (χ0n) is 21.6. The molecule has 1 unspecified atom stereocenters. The van der Waals surface area contributed by atoms with Crippen molar-refractivity contribution >= 4 is 23.4 Å². The fourth-order valence-electron chi connectivity index (χ4n) is 4.61. The summed E-state index contributed by atoms with van der Waals surface area (Å²) in [7, 11) is 0. The van der Waals surface area contributed by atoms with Crippen LogP contribution in [0.15, 0.2) is 125 Å². The van der Waals surface area contributed by atoms with Gasteiger partial charge in [-0.15, -0.1) is 12.4 Å². The van der Waals surface area contributed by atoms with Gasteiger partial charge in [0.1, 0.15) is 19.0 Å². The van der Waals surface area contributed by atoms with Gasteiger partial charge in [0, 0.05) is 19.6 Å². The first-order valence-corrected chi connectivity index (χ1v) is 12.9. The summed E-state index contributed by atoms with van der Waals surface area (Å²) in [5, 5.41) is 11.4. The van der Waals surface area contributed by atoms with Crippen molar-refractivity contribution in [3.05, 3.63) is 137 Å². The third kappa shape index (κ3) is 7.36. The lowest BCUT2D eigenvalue weighted by Gasteiger charge is -2.25. The van der Waals surface area contributed by atoms with Crippen LogP contribution in [-0.2, 0) is 13.0 Å². The van der Waals surface area contributed by atoms with E-state index in [1.165, 1.54) is 17.4 Å². The Balaban J connectivity index is 0.00000353. The molecule has 0 amide bonds. The van der Waals surface area contributed by atoms with Gasteiger partial charge < -0.3 is 14.3 Å². The number of fused-ring (bicyclic) bond motifs is 1. The van der Waals surface area contributed by atoms with Crippen LogP contribution in [0.25, 0.3) is 22.1 Å². The van der Waals surface area contributed by atoms with Crippen LogP contribution >= 0.6 is 12.4 Å². The van der Waals surface area contributed by atoms with Crippen LogP contribution in [0.3, 0.4) is 0 Å². The van der Waals surface area contributed by atoms with Crippen LogP contribution in [-0.4, -0.2) is 35.8 Å². The lowest BCUT2D eigenvalue weighted by molar-refractivity contribution is 0.0661. The fourth-order valence-corrected chi connectivity index (χ4v) is 4.61. The lowest BCUT2D eigenvalue weighted by Crippen LogP contribution is -2.36. The van der Waals surface area contributed by atoms with Gasteiger partial charge in [-0.05, 0) is 35.2 Å². The summed E-state index contributed by atoms with van der Waals surface area (Å²) >= 11 is 0. The molecule has 1 aromatic heterocycles. The van der Waals surface area contributed by atoms with E-state index >= 15 is 0 Å². The lowest BCUT2D eigenvalue weighted by atomic mass is 10.1. The molecule has 1 heterocycles. The molecular formula is C33H32ClNO4. The monoisotopic (exact) mass is 541 g/mol. The highest BCUT2D eigenvalue weighted by Gasteiger charge is 2.16. The first-order valence-electron chi connectivity index (χ1n) is 12.9. The molecule has 39 heavy (non-hydrogen) atoms. The quantitative estimate of drug-likeness (QED) is 0.211. The van der Waals surface area contributed by atoms with E-state index in [-0.39, 0.29) is 24.4 Å². The summed E-state index contributed by atoms with van der Waals surface area (Å²) in [6.07, 6.45) is 1.65. The van der Waals surface area contributed by atoms with Crippen LogP contribution in [0.1, 0.15) is 11.1 Å². The van der Waals surface area contributed by atoms with Gasteiger partial charge in [-0.3, -0.25) is 9.69 Å². The topological polar surface area (TPSA) is 62.9 Å². The third-order valence-corrected chi connectivity index (χ3v) is 6.56. The molecule has 0 aliphatic rings. The van der Waals surface area contributed by atoms with Crippen LogP contribution in [0, 0.1) is 0 Å². The second-order valence-electron chi connectivity index (χ2n) is 9.40. The molecule has 4 aromatic carbocycles. The fraction of sp³-hybridized carbons (Fsp3) is 0.182. The van der Waals surface area contributed by atoms with Gasteiger partial charge in [0.05, 0.1) is 10.9 Å². The summed E-state index contributed by atoms with van der Waals surface area (Å²) in [6.45, 7) is 2.08. The molecule has 0 aliphatic carbocycles. The highest BCUT2D eigenvalue weighted by molar-refractivity contribution is 5.86. The summed E-state index contributed by atoms with van der Waals surface area (Å²) in [6, 6.07) is 35.3. The molecule has 5 rings (SSSR count). The maximum atomic E-state index is 13.2. The van der Waals surface area contributed by atoms with E-state index in [1.54, 1.807) is 18.2 Å². The normalized spacial score (nSPS) is 11.7. The molecule has 0 aliphatic heterocycles. The first-order chi connectivity index (χ1) is 18.7. The van der Waals surface area contributed by atoms with Crippen LogP contribution in [0.5, 0.6) is 5.75 Å². The minimum Gasteiger partial charge on any atom is -0.487 e. The second kappa shape index (κ2) is 13.8. The van der Waals surface area contributed by atoms with Gasteiger partial charge in [-0.25, -0.2) is 0 Å². The number of aliphatic hydroxyl groups excluding tert-OH is 1. The molecule has 0 radical (unpaired) electrons. The van der Waals surface area contributed by atoms with E-state index in [9.17, 15) is 9.90 Å². The van der Waals surface area contributed by atoms with Crippen molar-refractivity contribution in [1.29, 1.82) is 0 Å². The number of ether oxygens (including phenoxy) is 1. The van der Waals surface area contributed by atoms with Crippen molar-refractivity contribution in [1.82, 2.24) is 4.90 Å². The second-order valence-corrected chi connectivity index (χ2v) is 9.40. The first kappa shape index (κ1) is 28.1. The zero-order valence-corrected chi connectivity index (χ0v) is 22.4. The molecule has 0 spiro atoms. The van der Waals surface area contributed by atoms with Crippen LogP contribution in [0.4, 0.5) is 0 Å². The summed E-state index contributed by atoms with van der Waals surface area (Å²) in [5.74, 6) is 0.442. The maximum absolute atomic E-state index is 13.2. The predicted octanol–water partition coefficient (Wildman–Crippen LogP) is 6.37. The smallest absolute Gasteiger partial charge is 0.200 e. The third-order valence-electron chi connectivity index (χ3n) is 6.56. The molecule has 5 nitrogen and oxygen atoms in total. The average Bonchev–Trinajstić information content (AvgIpc) is 2.97. The minimum absolute atomic E-state index is 0. The largest absolute Gasteiger partial charge is 0.487 e. The number of rotatable bonds is 11. The van der Waals surface area contributed by atoms with Gasteiger partial charge in [-0.1, -0.05) is 97.1 Å². The summed E-state index contributed by atoms with van der Waals surface area (Å²) in [5.41, 5.74) is 4.04. The Bertz CT molecular complexity index is 1510. The van der Waals surface area contributed by atoms with E-state index in [1.807, 2.05) is 66.7 Å². The van der Waals surface area contributed by atoms with Gasteiger partial charge in [-0.2, -0.15) is 0 Å². The van der Waals surface area contributed by atoms with Crippen molar-refractivity contribution in [3.8, 4) is 16.9 Å². The van der Waals surface area contributed by atoms with Crippen molar-refractivity contribution in [2.45, 2.75) is 19.1 Å². The Morgan fingerprint density at radius 1 is 0.795 bits per heavy atom. The van der Waals surface area contributed by atoms with E-state index in [2.05, 4.69) is 29.2 Å². The predicted molar refractivity (Wildman–Crippen MR) is 159 cm³/mol. The Hall–Kier alpha value is -3.90. The molecule has 0 bridgehead atoms. The zero-order chi connectivity index (χ0) is 26.2. The number of hydrogen-bond donors (Lipinski definition) is 1. The number of benzene rings is 4.